The first-order valence-electron chi connectivity index (χ1n) is 8.06. The van der Waals surface area contributed by atoms with Crippen LogP contribution in [0.25, 0.3) is 0 Å². The predicted octanol–water partition coefficient (Wildman–Crippen LogP) is 1.53. The molecule has 0 spiro atoms. The number of para-hydroxylation sites is 1. The first-order valence-corrected chi connectivity index (χ1v) is 8.44. The van der Waals surface area contributed by atoms with Crippen molar-refractivity contribution in [2.24, 2.45) is 0 Å². The van der Waals surface area contributed by atoms with Gasteiger partial charge in [-0.15, -0.1) is 0 Å². The number of benzene rings is 1. The van der Waals surface area contributed by atoms with Gasteiger partial charge in [0, 0.05) is 26.8 Å². The minimum atomic E-state index is -0.300. The lowest BCUT2D eigenvalue weighted by Gasteiger charge is -2.23. The maximum atomic E-state index is 12.7. The molecule has 1 aromatic rings. The average molecular weight is 354 g/mol. The van der Waals surface area contributed by atoms with E-state index < -0.39 is 0 Å². The molecule has 1 aliphatic rings. The van der Waals surface area contributed by atoms with E-state index in [-0.39, 0.29) is 24.4 Å². The highest BCUT2D eigenvalue weighted by Crippen LogP contribution is 2.30. The number of likely N-dealkylation sites (N-methyl/N-ethyl adjacent to an activating group) is 1. The molecule has 1 N–H and O–H groups in total. The highest BCUT2D eigenvalue weighted by atomic mass is 35.5. The van der Waals surface area contributed by atoms with Crippen LogP contribution in [0.4, 0.5) is 5.69 Å². The zero-order valence-electron chi connectivity index (χ0n) is 14.1. The van der Waals surface area contributed by atoms with Crippen molar-refractivity contribution in [3.8, 4) is 0 Å². The topological polar surface area (TPSA) is 61.9 Å². The Morgan fingerprint density at radius 2 is 2.21 bits per heavy atom. The first kappa shape index (κ1) is 18.7. The molecule has 1 fully saturated rings. The molecule has 1 atom stereocenters. The van der Waals surface area contributed by atoms with Crippen molar-refractivity contribution in [2.45, 2.75) is 18.9 Å². The highest BCUT2D eigenvalue weighted by molar-refractivity contribution is 6.33. The number of nitrogens with one attached hydrogen (secondary N) is 1. The minimum absolute atomic E-state index is 0.0159. The highest BCUT2D eigenvalue weighted by Gasteiger charge is 2.36. The van der Waals surface area contributed by atoms with E-state index in [1.54, 1.807) is 30.0 Å². The van der Waals surface area contributed by atoms with E-state index in [1.807, 2.05) is 18.2 Å². The molecule has 1 saturated heterocycles. The zero-order chi connectivity index (χ0) is 17.5. The summed E-state index contributed by atoms with van der Waals surface area (Å²) < 4.78 is 4.94. The van der Waals surface area contributed by atoms with Crippen LogP contribution in [0.15, 0.2) is 24.3 Å². The van der Waals surface area contributed by atoms with Crippen LogP contribution in [0, 0.1) is 0 Å². The molecule has 1 unspecified atom stereocenters. The summed E-state index contributed by atoms with van der Waals surface area (Å²) in [4.78, 5) is 28.1. The Balaban J connectivity index is 1.88. The molecule has 0 aromatic heterocycles. The van der Waals surface area contributed by atoms with Gasteiger partial charge in [-0.1, -0.05) is 23.7 Å². The smallest absolute Gasteiger partial charge is 0.244 e. The number of methoxy groups -OCH3 is 1. The molecule has 1 heterocycles. The summed E-state index contributed by atoms with van der Waals surface area (Å²) >= 11 is 6.18. The van der Waals surface area contributed by atoms with Crippen molar-refractivity contribution in [1.29, 1.82) is 0 Å². The van der Waals surface area contributed by atoms with Crippen LogP contribution in [0.3, 0.4) is 0 Å². The van der Waals surface area contributed by atoms with Crippen LogP contribution in [-0.4, -0.2) is 63.2 Å². The third kappa shape index (κ3) is 4.69. The molecular weight excluding hydrogens is 330 g/mol. The quantitative estimate of drug-likeness (QED) is 0.720. The van der Waals surface area contributed by atoms with E-state index in [2.05, 4.69) is 5.32 Å². The molecule has 0 aliphatic carbocycles. The molecule has 6 nitrogen and oxygen atoms in total. The summed E-state index contributed by atoms with van der Waals surface area (Å²) in [5.41, 5.74) is 0.726. The number of halogens is 1. The number of rotatable bonds is 8. The largest absolute Gasteiger partial charge is 0.385 e. The van der Waals surface area contributed by atoms with Gasteiger partial charge in [0.15, 0.2) is 0 Å². The second-order valence-corrected chi connectivity index (χ2v) is 6.26. The molecule has 0 saturated carbocycles. The van der Waals surface area contributed by atoms with E-state index >= 15 is 0 Å². The summed E-state index contributed by atoms with van der Waals surface area (Å²) in [5.74, 6) is -0.102. The molecule has 132 valence electrons. The van der Waals surface area contributed by atoms with Crippen LogP contribution in [0.1, 0.15) is 12.8 Å². The fourth-order valence-electron chi connectivity index (χ4n) is 2.82. The number of carbonyl (C=O) groups excluding carboxylic acids is 2. The van der Waals surface area contributed by atoms with Crippen molar-refractivity contribution >= 4 is 29.1 Å². The SMILES string of the molecule is COCCCNC(=O)CN(C)C1CCN(c2ccccc2Cl)C1=O. The predicted molar refractivity (Wildman–Crippen MR) is 94.3 cm³/mol. The van der Waals surface area contributed by atoms with Crippen molar-refractivity contribution in [2.75, 3.05) is 45.3 Å². The van der Waals surface area contributed by atoms with E-state index in [9.17, 15) is 9.59 Å². The van der Waals surface area contributed by atoms with Crippen LogP contribution in [0.5, 0.6) is 0 Å². The van der Waals surface area contributed by atoms with Gasteiger partial charge in [-0.05, 0) is 32.0 Å². The second kappa shape index (κ2) is 9.01. The zero-order valence-corrected chi connectivity index (χ0v) is 14.9. The minimum Gasteiger partial charge on any atom is -0.385 e. The summed E-state index contributed by atoms with van der Waals surface area (Å²) in [7, 11) is 3.43. The summed E-state index contributed by atoms with van der Waals surface area (Å²) in [6.07, 6.45) is 1.45. The summed E-state index contributed by atoms with van der Waals surface area (Å²) in [6.45, 7) is 1.99. The molecule has 0 radical (unpaired) electrons. The fourth-order valence-corrected chi connectivity index (χ4v) is 3.06. The van der Waals surface area contributed by atoms with Crippen LogP contribution in [0.2, 0.25) is 5.02 Å². The summed E-state index contributed by atoms with van der Waals surface area (Å²) in [5, 5.41) is 3.39. The third-order valence-electron chi connectivity index (χ3n) is 4.09. The molecule has 0 bridgehead atoms. The van der Waals surface area contributed by atoms with E-state index in [4.69, 9.17) is 16.3 Å². The number of ether oxygens (including phenoxy) is 1. The molecule has 2 rings (SSSR count). The third-order valence-corrected chi connectivity index (χ3v) is 4.41. The van der Waals surface area contributed by atoms with Gasteiger partial charge in [0.25, 0.3) is 0 Å². The van der Waals surface area contributed by atoms with Gasteiger partial charge in [-0.3, -0.25) is 14.5 Å². The number of anilines is 1. The standard InChI is InChI=1S/C17H24ClN3O3/c1-20(12-16(22)19-9-5-11-24-2)15-8-10-21(17(15)23)14-7-4-3-6-13(14)18/h3-4,6-7,15H,5,8-12H2,1-2H3,(H,19,22). The monoisotopic (exact) mass is 353 g/mol. The lowest BCUT2D eigenvalue weighted by atomic mass is 10.2. The molecule has 1 aliphatic heterocycles. The molecule has 2 amide bonds. The van der Waals surface area contributed by atoms with Crippen LogP contribution in [-0.2, 0) is 14.3 Å². The number of hydrogen-bond acceptors (Lipinski definition) is 4. The summed E-state index contributed by atoms with van der Waals surface area (Å²) in [6, 6.07) is 7.01. The number of hydrogen-bond donors (Lipinski definition) is 1. The average Bonchev–Trinajstić information content (AvgIpc) is 2.93. The van der Waals surface area contributed by atoms with Gasteiger partial charge >= 0.3 is 0 Å². The van der Waals surface area contributed by atoms with Gasteiger partial charge in [0.05, 0.1) is 23.3 Å². The number of carbonyl (C=O) groups is 2. The van der Waals surface area contributed by atoms with E-state index in [1.165, 1.54) is 0 Å². The Morgan fingerprint density at radius 1 is 1.46 bits per heavy atom. The van der Waals surface area contributed by atoms with Gasteiger partial charge in [-0.2, -0.15) is 0 Å². The van der Waals surface area contributed by atoms with Crippen molar-refractivity contribution < 1.29 is 14.3 Å². The van der Waals surface area contributed by atoms with Crippen molar-refractivity contribution in [1.82, 2.24) is 10.2 Å². The van der Waals surface area contributed by atoms with Crippen molar-refractivity contribution in [3.05, 3.63) is 29.3 Å². The molecule has 7 heteroatoms. The normalized spacial score (nSPS) is 17.6. The number of amides is 2. The second-order valence-electron chi connectivity index (χ2n) is 5.86. The van der Waals surface area contributed by atoms with Gasteiger partial charge < -0.3 is 15.0 Å². The molecule has 1 aromatic carbocycles. The Labute approximate surface area is 147 Å². The van der Waals surface area contributed by atoms with Crippen LogP contribution < -0.4 is 10.2 Å². The lowest BCUT2D eigenvalue weighted by Crippen LogP contribution is -2.44. The fraction of sp³-hybridized carbons (Fsp3) is 0.529. The van der Waals surface area contributed by atoms with E-state index in [0.29, 0.717) is 31.1 Å². The van der Waals surface area contributed by atoms with Gasteiger partial charge in [0.2, 0.25) is 11.8 Å². The maximum Gasteiger partial charge on any atom is 0.244 e. The van der Waals surface area contributed by atoms with Crippen molar-refractivity contribution in [3.63, 3.8) is 0 Å². The Morgan fingerprint density at radius 3 is 2.92 bits per heavy atom. The van der Waals surface area contributed by atoms with Gasteiger partial charge in [-0.25, -0.2) is 0 Å². The van der Waals surface area contributed by atoms with Gasteiger partial charge in [0.1, 0.15) is 0 Å². The Hall–Kier alpha value is -1.63. The lowest BCUT2D eigenvalue weighted by molar-refractivity contribution is -0.125. The Kier molecular flexibility index (Phi) is 7.02. The van der Waals surface area contributed by atoms with Crippen LogP contribution >= 0.6 is 11.6 Å². The van der Waals surface area contributed by atoms with E-state index in [0.717, 1.165) is 12.1 Å². The molecular formula is C17H24ClN3O3. The number of nitrogens with zero attached hydrogens (tertiary/aromatic N) is 2. The Bertz CT molecular complexity index is 582. The maximum absolute atomic E-state index is 12.7. The first-order chi connectivity index (χ1) is 11.5. The molecule has 24 heavy (non-hydrogen) atoms.